The molecule has 9 heteroatoms. The van der Waals surface area contributed by atoms with Gasteiger partial charge in [0.1, 0.15) is 11.6 Å². The Morgan fingerprint density at radius 1 is 1.16 bits per heavy atom. The van der Waals surface area contributed by atoms with Crippen molar-refractivity contribution in [3.8, 4) is 17.6 Å². The van der Waals surface area contributed by atoms with Gasteiger partial charge in [0.05, 0.1) is 22.3 Å². The molecule has 5 rings (SSSR count). The fraction of sp³-hybridized carbons (Fsp3) is 0.0435. The number of pyridine rings is 1. The van der Waals surface area contributed by atoms with Gasteiger partial charge in [-0.2, -0.15) is 5.26 Å². The SMILES string of the molecule is Cc1c(C#N)c2nc3ccccc3n2c(=O)/c1=C\c1c(O)n(-c2ccc(I)cc2)[nH]c1=O. The van der Waals surface area contributed by atoms with Crippen LogP contribution in [0.5, 0.6) is 5.88 Å². The first-order chi connectivity index (χ1) is 15.4. The lowest BCUT2D eigenvalue weighted by atomic mass is 10.1. The lowest BCUT2D eigenvalue weighted by molar-refractivity contribution is 0.432. The van der Waals surface area contributed by atoms with E-state index in [0.29, 0.717) is 22.3 Å². The summed E-state index contributed by atoms with van der Waals surface area (Å²) in [6.07, 6.45) is 1.32. The molecule has 0 saturated heterocycles. The summed E-state index contributed by atoms with van der Waals surface area (Å²) in [5.74, 6) is -0.330. The van der Waals surface area contributed by atoms with Crippen molar-refractivity contribution in [1.29, 1.82) is 5.26 Å². The molecule has 2 N–H and O–H groups in total. The number of aromatic amines is 1. The molecule has 0 aliphatic carbocycles. The fourth-order valence-corrected chi connectivity index (χ4v) is 4.13. The van der Waals surface area contributed by atoms with E-state index in [1.54, 1.807) is 43.3 Å². The minimum atomic E-state index is -0.561. The number of hydrogen-bond acceptors (Lipinski definition) is 5. The van der Waals surface area contributed by atoms with Crippen molar-refractivity contribution >= 4 is 45.3 Å². The second-order valence-electron chi connectivity index (χ2n) is 7.22. The molecule has 3 heterocycles. The summed E-state index contributed by atoms with van der Waals surface area (Å²) in [7, 11) is 0. The van der Waals surface area contributed by atoms with Crippen molar-refractivity contribution in [3.63, 3.8) is 0 Å². The molecule has 0 amide bonds. The van der Waals surface area contributed by atoms with Gasteiger partial charge in [-0.05, 0) is 77.6 Å². The quantitative estimate of drug-likeness (QED) is 0.337. The van der Waals surface area contributed by atoms with Gasteiger partial charge in [0.15, 0.2) is 5.65 Å². The topological polar surface area (TPSA) is 116 Å². The Kier molecular flexibility index (Phi) is 4.60. The molecule has 156 valence electrons. The number of benzene rings is 2. The molecule has 0 radical (unpaired) electrons. The number of fused-ring (bicyclic) bond motifs is 3. The van der Waals surface area contributed by atoms with Crippen LogP contribution in [0.15, 0.2) is 58.1 Å². The third kappa shape index (κ3) is 2.91. The van der Waals surface area contributed by atoms with Crippen molar-refractivity contribution < 1.29 is 5.11 Å². The summed E-state index contributed by atoms with van der Waals surface area (Å²) in [5, 5.41) is 23.3. The molecular weight excluding hydrogens is 521 g/mol. The van der Waals surface area contributed by atoms with Crippen LogP contribution < -0.4 is 16.3 Å². The number of para-hydroxylation sites is 2. The van der Waals surface area contributed by atoms with Gasteiger partial charge < -0.3 is 5.11 Å². The van der Waals surface area contributed by atoms with Gasteiger partial charge in [-0.15, -0.1) is 0 Å². The first-order valence-corrected chi connectivity index (χ1v) is 10.6. The molecule has 0 unspecified atom stereocenters. The minimum Gasteiger partial charge on any atom is -0.493 e. The first kappa shape index (κ1) is 20.0. The van der Waals surface area contributed by atoms with E-state index in [0.717, 1.165) is 3.57 Å². The molecule has 0 spiro atoms. The number of aromatic hydroxyl groups is 1. The number of H-pyrrole nitrogens is 1. The minimum absolute atomic E-state index is 0.0728. The van der Waals surface area contributed by atoms with Gasteiger partial charge in [-0.25, -0.2) is 9.67 Å². The van der Waals surface area contributed by atoms with Gasteiger partial charge >= 0.3 is 0 Å². The normalized spacial score (nSPS) is 12.0. The molecule has 3 aromatic heterocycles. The summed E-state index contributed by atoms with van der Waals surface area (Å²) in [5.41, 5.74) is 1.55. The second-order valence-corrected chi connectivity index (χ2v) is 8.47. The van der Waals surface area contributed by atoms with E-state index in [2.05, 4.69) is 38.7 Å². The standard InChI is InChI=1S/C23H14IN5O3/c1-12-15(10-16-21(30)27-29(23(16)32)14-8-6-13(24)7-9-14)22(31)28-19-5-3-2-4-18(19)26-20(28)17(12)11-25/h2-10,32H,1H3,(H,27,30)/b15-10-. The number of nitrogens with one attached hydrogen (secondary N) is 1. The number of aromatic nitrogens is 4. The van der Waals surface area contributed by atoms with Gasteiger partial charge in [0.25, 0.3) is 11.1 Å². The first-order valence-electron chi connectivity index (χ1n) is 9.56. The predicted octanol–water partition coefficient (Wildman–Crippen LogP) is 2.36. The van der Waals surface area contributed by atoms with Crippen LogP contribution in [0, 0.1) is 21.8 Å². The number of nitriles is 1. The molecule has 0 bridgehead atoms. The number of imidazole rings is 1. The Balaban J connectivity index is 1.85. The summed E-state index contributed by atoms with van der Waals surface area (Å²) in [4.78, 5) is 30.5. The highest BCUT2D eigenvalue weighted by Crippen LogP contribution is 2.21. The zero-order valence-electron chi connectivity index (χ0n) is 16.6. The molecule has 0 saturated carbocycles. The van der Waals surface area contributed by atoms with Crippen molar-refractivity contribution in [2.75, 3.05) is 0 Å². The highest BCUT2D eigenvalue weighted by Gasteiger charge is 2.18. The Bertz CT molecular complexity index is 1760. The maximum atomic E-state index is 13.4. The molecule has 0 atom stereocenters. The Hall–Kier alpha value is -3.91. The van der Waals surface area contributed by atoms with Crippen LogP contribution in [0.4, 0.5) is 0 Å². The zero-order chi connectivity index (χ0) is 22.6. The van der Waals surface area contributed by atoms with Crippen LogP contribution in [0.3, 0.4) is 0 Å². The molecule has 0 fully saturated rings. The third-order valence-electron chi connectivity index (χ3n) is 5.39. The molecule has 32 heavy (non-hydrogen) atoms. The molecule has 8 nitrogen and oxygen atoms in total. The summed E-state index contributed by atoms with van der Waals surface area (Å²) in [6.45, 7) is 1.63. The van der Waals surface area contributed by atoms with Crippen molar-refractivity contribution in [1.82, 2.24) is 19.2 Å². The zero-order valence-corrected chi connectivity index (χ0v) is 18.8. The van der Waals surface area contributed by atoms with E-state index in [1.807, 2.05) is 12.1 Å². The van der Waals surface area contributed by atoms with E-state index < -0.39 is 11.1 Å². The largest absolute Gasteiger partial charge is 0.493 e. The van der Waals surface area contributed by atoms with Crippen LogP contribution in [0.2, 0.25) is 0 Å². The highest BCUT2D eigenvalue weighted by atomic mass is 127. The highest BCUT2D eigenvalue weighted by molar-refractivity contribution is 14.1. The molecule has 0 aliphatic heterocycles. The number of hydrogen-bond donors (Lipinski definition) is 2. The molecule has 2 aromatic carbocycles. The fourth-order valence-electron chi connectivity index (χ4n) is 3.77. The summed E-state index contributed by atoms with van der Waals surface area (Å²) >= 11 is 2.16. The maximum absolute atomic E-state index is 13.4. The van der Waals surface area contributed by atoms with Crippen LogP contribution in [0.25, 0.3) is 28.4 Å². The van der Waals surface area contributed by atoms with Crippen molar-refractivity contribution in [2.24, 2.45) is 0 Å². The van der Waals surface area contributed by atoms with Crippen LogP contribution in [0.1, 0.15) is 16.7 Å². The van der Waals surface area contributed by atoms with E-state index in [4.69, 9.17) is 0 Å². The molecular formula is C23H14IN5O3. The van der Waals surface area contributed by atoms with E-state index in [1.165, 1.54) is 15.2 Å². The van der Waals surface area contributed by atoms with E-state index in [-0.39, 0.29) is 27.9 Å². The average molecular weight is 535 g/mol. The monoisotopic (exact) mass is 535 g/mol. The van der Waals surface area contributed by atoms with Crippen molar-refractivity contribution in [2.45, 2.75) is 6.92 Å². The molecule has 5 aromatic rings. The Morgan fingerprint density at radius 2 is 1.88 bits per heavy atom. The third-order valence-corrected chi connectivity index (χ3v) is 6.11. The maximum Gasteiger partial charge on any atom is 0.275 e. The Labute approximate surface area is 193 Å². The Morgan fingerprint density at radius 3 is 2.59 bits per heavy atom. The molecule has 0 aliphatic rings. The number of halogens is 1. The summed E-state index contributed by atoms with van der Waals surface area (Å²) < 4.78 is 3.62. The van der Waals surface area contributed by atoms with Crippen LogP contribution in [-0.2, 0) is 0 Å². The average Bonchev–Trinajstić information content (AvgIpc) is 3.30. The predicted molar refractivity (Wildman–Crippen MR) is 128 cm³/mol. The van der Waals surface area contributed by atoms with Gasteiger partial charge in [-0.3, -0.25) is 19.1 Å². The lowest BCUT2D eigenvalue weighted by Gasteiger charge is -2.04. The van der Waals surface area contributed by atoms with Crippen molar-refractivity contribution in [3.05, 3.63) is 94.7 Å². The van der Waals surface area contributed by atoms with Gasteiger partial charge in [0.2, 0.25) is 5.88 Å². The second kappa shape index (κ2) is 7.35. The number of nitrogens with zero attached hydrogens (tertiary/aromatic N) is 4. The number of rotatable bonds is 2. The van der Waals surface area contributed by atoms with Gasteiger partial charge in [0, 0.05) is 8.79 Å². The summed E-state index contributed by atoms with van der Waals surface area (Å²) in [6, 6.07) is 16.4. The smallest absolute Gasteiger partial charge is 0.275 e. The van der Waals surface area contributed by atoms with Gasteiger partial charge in [-0.1, -0.05) is 12.1 Å². The van der Waals surface area contributed by atoms with E-state index >= 15 is 0 Å². The van der Waals surface area contributed by atoms with E-state index in [9.17, 15) is 20.0 Å². The lowest BCUT2D eigenvalue weighted by Crippen LogP contribution is -2.34. The van der Waals surface area contributed by atoms with Crippen LogP contribution >= 0.6 is 22.6 Å². The van der Waals surface area contributed by atoms with Crippen LogP contribution in [-0.4, -0.2) is 24.3 Å².